The van der Waals surface area contributed by atoms with E-state index in [0.717, 1.165) is 6.07 Å². The highest BCUT2D eigenvalue weighted by Gasteiger charge is 2.35. The summed E-state index contributed by atoms with van der Waals surface area (Å²) in [4.78, 5) is 0. The Balaban J connectivity index is 2.66. The van der Waals surface area contributed by atoms with Gasteiger partial charge in [-0.25, -0.2) is 0 Å². The Hall–Kier alpha value is -1.89. The third-order valence-corrected chi connectivity index (χ3v) is 2.40. The number of phenolic OH excluding ortho intramolecular Hbond substituents is 1. The van der Waals surface area contributed by atoms with Crippen LogP contribution >= 0.6 is 11.6 Å². The molecule has 0 atom stereocenters. The van der Waals surface area contributed by atoms with Crippen LogP contribution in [0.4, 0.5) is 19.1 Å². The van der Waals surface area contributed by atoms with Gasteiger partial charge < -0.3 is 15.4 Å². The van der Waals surface area contributed by atoms with Gasteiger partial charge in [0.2, 0.25) is 5.88 Å². The first kappa shape index (κ1) is 12.6. The lowest BCUT2D eigenvalue weighted by Gasteiger charge is -2.11. The molecule has 1 aromatic carbocycles. The fourth-order valence-electron chi connectivity index (χ4n) is 1.43. The van der Waals surface area contributed by atoms with Crippen molar-refractivity contribution >= 4 is 17.5 Å². The maximum Gasteiger partial charge on any atom is 0.420 e. The molecule has 0 amide bonds. The van der Waals surface area contributed by atoms with E-state index in [1.807, 2.05) is 0 Å². The molecule has 0 saturated heterocycles. The van der Waals surface area contributed by atoms with Gasteiger partial charge in [-0.05, 0) is 12.1 Å². The van der Waals surface area contributed by atoms with Crippen LogP contribution in [0.25, 0.3) is 11.3 Å². The van der Waals surface area contributed by atoms with E-state index in [0.29, 0.717) is 6.07 Å². The van der Waals surface area contributed by atoms with Gasteiger partial charge in [0.1, 0.15) is 11.4 Å². The van der Waals surface area contributed by atoms with Gasteiger partial charge in [0.15, 0.2) is 0 Å². The molecule has 0 aliphatic heterocycles. The average molecular weight is 279 g/mol. The van der Waals surface area contributed by atoms with Gasteiger partial charge in [-0.15, -0.1) is 0 Å². The number of nitrogens with two attached hydrogens (primary N) is 1. The van der Waals surface area contributed by atoms with E-state index in [1.54, 1.807) is 0 Å². The summed E-state index contributed by atoms with van der Waals surface area (Å²) < 4.78 is 42.5. The quantitative estimate of drug-likeness (QED) is 0.839. The van der Waals surface area contributed by atoms with Gasteiger partial charge in [-0.3, -0.25) is 0 Å². The zero-order chi connectivity index (χ0) is 13.5. The second kappa shape index (κ2) is 4.09. The predicted molar refractivity (Wildman–Crippen MR) is 58.0 cm³/mol. The van der Waals surface area contributed by atoms with Crippen LogP contribution in [0.5, 0.6) is 5.75 Å². The molecule has 18 heavy (non-hydrogen) atoms. The first-order valence-electron chi connectivity index (χ1n) is 4.61. The van der Waals surface area contributed by atoms with E-state index in [1.165, 1.54) is 6.07 Å². The fourth-order valence-corrected chi connectivity index (χ4v) is 1.65. The highest BCUT2D eigenvalue weighted by Crippen LogP contribution is 2.43. The molecule has 0 unspecified atom stereocenters. The highest BCUT2D eigenvalue weighted by atomic mass is 35.5. The van der Waals surface area contributed by atoms with Crippen LogP contribution in [0, 0.1) is 0 Å². The van der Waals surface area contributed by atoms with Crippen LogP contribution in [-0.2, 0) is 6.18 Å². The minimum Gasteiger partial charge on any atom is -0.507 e. The zero-order valence-electron chi connectivity index (χ0n) is 8.62. The van der Waals surface area contributed by atoms with Crippen LogP contribution in [0.1, 0.15) is 5.56 Å². The minimum atomic E-state index is -4.72. The molecule has 2 aromatic rings. The van der Waals surface area contributed by atoms with Crippen molar-refractivity contribution in [2.24, 2.45) is 0 Å². The third-order valence-electron chi connectivity index (χ3n) is 2.18. The lowest BCUT2D eigenvalue weighted by Crippen LogP contribution is -2.05. The molecule has 1 heterocycles. The van der Waals surface area contributed by atoms with Gasteiger partial charge in [-0.1, -0.05) is 16.8 Å². The van der Waals surface area contributed by atoms with Crippen LogP contribution in [0.3, 0.4) is 0 Å². The van der Waals surface area contributed by atoms with Crippen molar-refractivity contribution in [2.45, 2.75) is 6.18 Å². The largest absolute Gasteiger partial charge is 0.507 e. The van der Waals surface area contributed by atoms with Gasteiger partial charge in [0.05, 0.1) is 5.56 Å². The SMILES string of the molecule is Nc1cc(-c2cc(Cl)cc(C(F)(F)F)c2O)no1. The number of phenols is 1. The highest BCUT2D eigenvalue weighted by molar-refractivity contribution is 6.31. The molecule has 2 rings (SSSR count). The van der Waals surface area contributed by atoms with Crippen molar-refractivity contribution in [1.82, 2.24) is 5.16 Å². The van der Waals surface area contributed by atoms with E-state index in [2.05, 4.69) is 9.68 Å². The Morgan fingerprint density at radius 1 is 1.28 bits per heavy atom. The van der Waals surface area contributed by atoms with E-state index in [9.17, 15) is 18.3 Å². The molecule has 4 nitrogen and oxygen atoms in total. The molecule has 8 heteroatoms. The molecule has 0 aliphatic rings. The number of nitrogen functional groups attached to an aromatic ring is 1. The van der Waals surface area contributed by atoms with Gasteiger partial charge in [-0.2, -0.15) is 13.2 Å². The molecule has 0 fully saturated rings. The van der Waals surface area contributed by atoms with Gasteiger partial charge in [0.25, 0.3) is 0 Å². The smallest absolute Gasteiger partial charge is 0.420 e. The summed E-state index contributed by atoms with van der Waals surface area (Å²) in [5, 5.41) is 12.9. The van der Waals surface area contributed by atoms with Crippen LogP contribution in [0.15, 0.2) is 22.7 Å². The number of anilines is 1. The molecular formula is C10H6ClF3N2O2. The number of rotatable bonds is 1. The van der Waals surface area contributed by atoms with E-state index in [-0.39, 0.29) is 22.2 Å². The Morgan fingerprint density at radius 2 is 1.94 bits per heavy atom. The molecule has 0 spiro atoms. The summed E-state index contributed by atoms with van der Waals surface area (Å²) in [6.07, 6.45) is -4.72. The molecule has 0 saturated carbocycles. The van der Waals surface area contributed by atoms with Gasteiger partial charge >= 0.3 is 6.18 Å². The lowest BCUT2D eigenvalue weighted by molar-refractivity contribution is -0.138. The average Bonchev–Trinajstić information content (AvgIpc) is 2.66. The van der Waals surface area contributed by atoms with Crippen LogP contribution in [0.2, 0.25) is 5.02 Å². The number of aromatic nitrogens is 1. The van der Waals surface area contributed by atoms with Crippen molar-refractivity contribution < 1.29 is 22.8 Å². The molecule has 96 valence electrons. The summed E-state index contributed by atoms with van der Waals surface area (Å²) in [6, 6.07) is 2.96. The Morgan fingerprint density at radius 3 is 2.44 bits per heavy atom. The second-order valence-electron chi connectivity index (χ2n) is 3.46. The van der Waals surface area contributed by atoms with Gasteiger partial charge in [0, 0.05) is 16.7 Å². The number of halogens is 4. The van der Waals surface area contributed by atoms with Crippen molar-refractivity contribution in [2.75, 3.05) is 5.73 Å². The summed E-state index contributed by atoms with van der Waals surface area (Å²) in [6.45, 7) is 0. The fraction of sp³-hybridized carbons (Fsp3) is 0.100. The Kier molecular flexibility index (Phi) is 2.86. The number of aromatic hydroxyl groups is 1. The van der Waals surface area contributed by atoms with Crippen molar-refractivity contribution in [3.8, 4) is 17.0 Å². The maximum absolute atomic E-state index is 12.6. The molecular weight excluding hydrogens is 273 g/mol. The summed E-state index contributed by atoms with van der Waals surface area (Å²) in [7, 11) is 0. The second-order valence-corrected chi connectivity index (χ2v) is 3.90. The molecule has 0 radical (unpaired) electrons. The number of alkyl halides is 3. The standard InChI is InChI=1S/C10H6ClF3N2O2/c11-4-1-5(7-3-8(15)18-16-7)9(17)6(2-4)10(12,13)14/h1-3,17H,15H2. The van der Waals surface area contributed by atoms with Crippen LogP contribution < -0.4 is 5.73 Å². The van der Waals surface area contributed by atoms with Crippen LogP contribution in [-0.4, -0.2) is 10.3 Å². The topological polar surface area (TPSA) is 72.3 Å². The molecule has 1 aromatic heterocycles. The first-order chi connectivity index (χ1) is 8.29. The molecule has 3 N–H and O–H groups in total. The summed E-state index contributed by atoms with van der Waals surface area (Å²) in [5.41, 5.74) is 3.79. The summed E-state index contributed by atoms with van der Waals surface area (Å²) in [5.74, 6) is -1.06. The number of hydrogen-bond acceptors (Lipinski definition) is 4. The third kappa shape index (κ3) is 2.21. The zero-order valence-corrected chi connectivity index (χ0v) is 9.38. The monoisotopic (exact) mass is 278 g/mol. The Labute approximate surface area is 104 Å². The normalized spacial score (nSPS) is 11.8. The van der Waals surface area contributed by atoms with Crippen molar-refractivity contribution in [1.29, 1.82) is 0 Å². The van der Waals surface area contributed by atoms with Crippen molar-refractivity contribution in [3.63, 3.8) is 0 Å². The number of nitrogens with zero attached hydrogens (tertiary/aromatic N) is 1. The van der Waals surface area contributed by atoms with E-state index >= 15 is 0 Å². The minimum absolute atomic E-state index is 0.0296. The lowest BCUT2D eigenvalue weighted by atomic mass is 10.1. The number of hydrogen-bond donors (Lipinski definition) is 2. The van der Waals surface area contributed by atoms with Crippen molar-refractivity contribution in [3.05, 3.63) is 28.8 Å². The predicted octanol–water partition coefficient (Wildman–Crippen LogP) is 3.30. The van der Waals surface area contributed by atoms with E-state index in [4.69, 9.17) is 17.3 Å². The van der Waals surface area contributed by atoms with E-state index < -0.39 is 17.5 Å². The molecule has 0 aliphatic carbocycles. The maximum atomic E-state index is 12.6. The Bertz CT molecular complexity index is 595. The molecule has 0 bridgehead atoms. The number of benzene rings is 1. The summed E-state index contributed by atoms with van der Waals surface area (Å²) >= 11 is 5.58. The first-order valence-corrected chi connectivity index (χ1v) is 4.99.